The van der Waals surface area contributed by atoms with Crippen molar-refractivity contribution < 1.29 is 4.39 Å². The fraction of sp³-hybridized carbons (Fsp3) is 0.286. The van der Waals surface area contributed by atoms with E-state index in [0.29, 0.717) is 0 Å². The highest BCUT2D eigenvalue weighted by atomic mass is 79.9. The van der Waals surface area contributed by atoms with E-state index < -0.39 is 0 Å². The predicted octanol–water partition coefficient (Wildman–Crippen LogP) is 5.31. The lowest BCUT2D eigenvalue weighted by molar-refractivity contribution is 0.617. The summed E-state index contributed by atoms with van der Waals surface area (Å²) >= 11 is 11.1. The summed E-state index contributed by atoms with van der Waals surface area (Å²) in [6, 6.07) is 7.06. The van der Waals surface area contributed by atoms with E-state index in [1.807, 2.05) is 6.92 Å². The van der Waals surface area contributed by atoms with Crippen LogP contribution in [0.4, 0.5) is 4.39 Å². The van der Waals surface area contributed by atoms with E-state index in [9.17, 15) is 4.39 Å². The topological polar surface area (TPSA) is 12.0 Å². The maximum atomic E-state index is 13.3. The van der Waals surface area contributed by atoms with Crippen LogP contribution in [0.25, 0.3) is 0 Å². The summed E-state index contributed by atoms with van der Waals surface area (Å²) in [6.07, 6.45) is 0. The van der Waals surface area contributed by atoms with E-state index in [1.54, 1.807) is 23.5 Å². The normalized spacial score (nSPS) is 12.7. The molecule has 1 unspecified atom stereocenters. The average molecular weight is 363 g/mol. The number of thiophene rings is 1. The van der Waals surface area contributed by atoms with E-state index in [1.165, 1.54) is 16.5 Å². The highest BCUT2D eigenvalue weighted by Crippen LogP contribution is 2.35. The van der Waals surface area contributed by atoms with Gasteiger partial charge in [-0.2, -0.15) is 0 Å². The lowest BCUT2D eigenvalue weighted by Crippen LogP contribution is -2.21. The molecule has 1 atom stereocenters. The molecule has 0 bridgehead atoms. The highest BCUT2D eigenvalue weighted by Gasteiger charge is 2.17. The number of rotatable bonds is 4. The van der Waals surface area contributed by atoms with E-state index in [-0.39, 0.29) is 16.9 Å². The largest absolute Gasteiger partial charge is 0.306 e. The number of aryl methyl sites for hydroxylation is 1. The Labute approximate surface area is 129 Å². The summed E-state index contributed by atoms with van der Waals surface area (Å²) in [5.41, 5.74) is 2.18. The number of hydrogen-bond donors (Lipinski definition) is 1. The van der Waals surface area contributed by atoms with Gasteiger partial charge in [0.1, 0.15) is 5.82 Å². The third-order valence-corrected chi connectivity index (χ3v) is 5.34. The van der Waals surface area contributed by atoms with Gasteiger partial charge in [0.15, 0.2) is 0 Å². The lowest BCUT2D eigenvalue weighted by atomic mass is 10.0. The monoisotopic (exact) mass is 361 g/mol. The van der Waals surface area contributed by atoms with E-state index in [0.717, 1.165) is 15.9 Å². The van der Waals surface area contributed by atoms with Crippen molar-refractivity contribution in [2.24, 2.45) is 0 Å². The molecule has 0 fully saturated rings. The summed E-state index contributed by atoms with van der Waals surface area (Å²) in [6.45, 7) is 4.94. The van der Waals surface area contributed by atoms with Crippen LogP contribution in [-0.2, 0) is 0 Å². The molecule has 1 N–H and O–H groups in total. The van der Waals surface area contributed by atoms with Gasteiger partial charge < -0.3 is 5.32 Å². The van der Waals surface area contributed by atoms with Gasteiger partial charge in [-0.3, -0.25) is 0 Å². The van der Waals surface area contributed by atoms with Crippen molar-refractivity contribution in [3.8, 4) is 0 Å². The Balaban J connectivity index is 2.41. The van der Waals surface area contributed by atoms with Crippen LogP contribution in [-0.4, -0.2) is 6.54 Å². The SMILES string of the molecule is CCNC(c1ccc(F)c(Cl)c1)c1cc(C)c(Br)s1. The molecule has 1 aromatic carbocycles. The zero-order valence-corrected chi connectivity index (χ0v) is 13.8. The van der Waals surface area contributed by atoms with Crippen molar-refractivity contribution in [1.82, 2.24) is 5.32 Å². The van der Waals surface area contributed by atoms with Gasteiger partial charge in [-0.1, -0.05) is 24.6 Å². The minimum Gasteiger partial charge on any atom is -0.306 e. The first kappa shape index (κ1) is 15.0. The minimum absolute atomic E-state index is 0.0399. The summed E-state index contributed by atoms with van der Waals surface area (Å²) in [4.78, 5) is 1.19. The molecule has 5 heteroatoms. The molecule has 0 aliphatic rings. The van der Waals surface area contributed by atoms with Gasteiger partial charge in [0.05, 0.1) is 14.9 Å². The summed E-state index contributed by atoms with van der Waals surface area (Å²) < 4.78 is 14.4. The van der Waals surface area contributed by atoms with Crippen molar-refractivity contribution in [2.75, 3.05) is 6.54 Å². The van der Waals surface area contributed by atoms with Crippen LogP contribution in [0.2, 0.25) is 5.02 Å². The first-order valence-electron chi connectivity index (χ1n) is 5.97. The first-order valence-corrected chi connectivity index (χ1v) is 7.95. The fourth-order valence-electron chi connectivity index (χ4n) is 1.90. The van der Waals surface area contributed by atoms with E-state index in [4.69, 9.17) is 11.6 Å². The first-order chi connectivity index (χ1) is 9.02. The Morgan fingerprint density at radius 3 is 2.68 bits per heavy atom. The van der Waals surface area contributed by atoms with E-state index in [2.05, 4.69) is 34.2 Å². The molecular formula is C14H14BrClFNS. The second-order valence-electron chi connectivity index (χ2n) is 4.27. The quantitative estimate of drug-likeness (QED) is 0.777. The molecular weight excluding hydrogens is 349 g/mol. The number of nitrogens with one attached hydrogen (secondary N) is 1. The van der Waals surface area contributed by atoms with Crippen molar-refractivity contribution in [2.45, 2.75) is 19.9 Å². The number of halogens is 3. The molecule has 0 amide bonds. The van der Waals surface area contributed by atoms with Crippen LogP contribution in [0.5, 0.6) is 0 Å². The summed E-state index contributed by atoms with van der Waals surface area (Å²) in [5, 5.41) is 3.57. The molecule has 2 aromatic rings. The molecule has 0 saturated heterocycles. The zero-order chi connectivity index (χ0) is 14.0. The van der Waals surface area contributed by atoms with E-state index >= 15 is 0 Å². The molecule has 0 aliphatic heterocycles. The molecule has 0 spiro atoms. The third-order valence-electron chi connectivity index (χ3n) is 2.85. The van der Waals surface area contributed by atoms with Gasteiger partial charge in [0.25, 0.3) is 0 Å². The maximum Gasteiger partial charge on any atom is 0.141 e. The van der Waals surface area contributed by atoms with Gasteiger partial charge in [-0.15, -0.1) is 11.3 Å². The molecule has 0 aliphatic carbocycles. The summed E-state index contributed by atoms with van der Waals surface area (Å²) in [7, 11) is 0. The second-order valence-corrected chi connectivity index (χ2v) is 7.08. The predicted molar refractivity (Wildman–Crippen MR) is 83.7 cm³/mol. The number of hydrogen-bond acceptors (Lipinski definition) is 2. The van der Waals surface area contributed by atoms with Gasteiger partial charge in [0, 0.05) is 4.88 Å². The molecule has 2 rings (SSSR count). The molecule has 102 valence electrons. The van der Waals surface area contributed by atoms with Crippen LogP contribution < -0.4 is 5.32 Å². The van der Waals surface area contributed by atoms with Gasteiger partial charge in [-0.05, 0) is 58.7 Å². The Morgan fingerprint density at radius 2 is 2.16 bits per heavy atom. The Hall–Kier alpha value is -0.420. The molecule has 1 aromatic heterocycles. The Kier molecular flexibility index (Phi) is 5.01. The van der Waals surface area contributed by atoms with Crippen LogP contribution in [0, 0.1) is 12.7 Å². The van der Waals surface area contributed by atoms with Crippen molar-refractivity contribution >= 4 is 38.9 Å². The highest BCUT2D eigenvalue weighted by molar-refractivity contribution is 9.11. The van der Waals surface area contributed by atoms with Crippen molar-refractivity contribution in [3.05, 3.63) is 54.9 Å². The Bertz CT molecular complexity index is 565. The van der Waals surface area contributed by atoms with Gasteiger partial charge in [-0.25, -0.2) is 4.39 Å². The Morgan fingerprint density at radius 1 is 1.42 bits per heavy atom. The van der Waals surface area contributed by atoms with Crippen LogP contribution >= 0.6 is 38.9 Å². The fourth-order valence-corrected chi connectivity index (χ4v) is 3.77. The van der Waals surface area contributed by atoms with Crippen LogP contribution in [0.15, 0.2) is 28.1 Å². The van der Waals surface area contributed by atoms with Crippen LogP contribution in [0.3, 0.4) is 0 Å². The maximum absolute atomic E-state index is 13.3. The van der Waals surface area contributed by atoms with Gasteiger partial charge >= 0.3 is 0 Å². The van der Waals surface area contributed by atoms with Crippen LogP contribution in [0.1, 0.15) is 29.0 Å². The third kappa shape index (κ3) is 3.37. The molecule has 1 nitrogen and oxygen atoms in total. The smallest absolute Gasteiger partial charge is 0.141 e. The molecule has 19 heavy (non-hydrogen) atoms. The van der Waals surface area contributed by atoms with Gasteiger partial charge in [0.2, 0.25) is 0 Å². The molecule has 1 heterocycles. The standard InChI is InChI=1S/C14H14BrClFNS/c1-3-18-13(12-6-8(2)14(15)19-12)9-4-5-11(17)10(16)7-9/h4-7,13,18H,3H2,1-2H3. The average Bonchev–Trinajstić information content (AvgIpc) is 2.70. The molecule has 0 radical (unpaired) electrons. The number of benzene rings is 1. The van der Waals surface area contributed by atoms with Crippen molar-refractivity contribution in [1.29, 1.82) is 0 Å². The summed E-state index contributed by atoms with van der Waals surface area (Å²) in [5.74, 6) is -0.385. The van der Waals surface area contributed by atoms with Crippen molar-refractivity contribution in [3.63, 3.8) is 0 Å². The lowest BCUT2D eigenvalue weighted by Gasteiger charge is -2.17. The minimum atomic E-state index is -0.385. The second kappa shape index (κ2) is 6.35. The molecule has 0 saturated carbocycles. The zero-order valence-electron chi connectivity index (χ0n) is 10.6.